The fourth-order valence-corrected chi connectivity index (χ4v) is 2.68. The van der Waals surface area contributed by atoms with E-state index in [1.165, 1.54) is 18.1 Å². The van der Waals surface area contributed by atoms with Crippen molar-refractivity contribution >= 4 is 31.9 Å². The van der Waals surface area contributed by atoms with E-state index in [0.717, 1.165) is 11.2 Å². The summed E-state index contributed by atoms with van der Waals surface area (Å²) in [7, 11) is 0. The molecular weight excluding hydrogens is 299 g/mol. The third kappa shape index (κ3) is 1.96. The molecule has 1 saturated carbocycles. The topological polar surface area (TPSA) is 0 Å². The molecule has 0 aliphatic heterocycles. The van der Waals surface area contributed by atoms with E-state index in [1.54, 1.807) is 0 Å². The van der Waals surface area contributed by atoms with E-state index in [1.807, 2.05) is 12.1 Å². The molecule has 2 atom stereocenters. The molecule has 1 fully saturated rings. The molecule has 0 heterocycles. The summed E-state index contributed by atoms with van der Waals surface area (Å²) in [5.74, 6) is 1.20. The Bertz CT molecular complexity index is 325. The van der Waals surface area contributed by atoms with Gasteiger partial charge in [-0.25, -0.2) is 4.39 Å². The molecule has 0 bridgehead atoms. The lowest BCUT2D eigenvalue weighted by Crippen LogP contribution is -1.86. The van der Waals surface area contributed by atoms with Crippen molar-refractivity contribution in [3.05, 3.63) is 34.1 Å². The third-order valence-corrected chi connectivity index (χ3v) is 3.93. The van der Waals surface area contributed by atoms with Crippen LogP contribution in [0.15, 0.2) is 22.7 Å². The molecule has 2 rings (SSSR count). The van der Waals surface area contributed by atoms with Crippen LogP contribution in [0.1, 0.15) is 17.9 Å². The van der Waals surface area contributed by atoms with Crippen molar-refractivity contribution in [3.8, 4) is 0 Å². The molecule has 0 nitrogen and oxygen atoms in total. The van der Waals surface area contributed by atoms with Crippen LogP contribution in [0.25, 0.3) is 0 Å². The summed E-state index contributed by atoms with van der Waals surface area (Å²) >= 11 is 6.66. The summed E-state index contributed by atoms with van der Waals surface area (Å²) in [6.07, 6.45) is 1.23. The molecule has 0 amide bonds. The van der Waals surface area contributed by atoms with Gasteiger partial charge in [-0.1, -0.05) is 22.0 Å². The zero-order chi connectivity index (χ0) is 9.42. The van der Waals surface area contributed by atoms with Crippen LogP contribution in [0.5, 0.6) is 0 Å². The molecule has 1 aromatic rings. The lowest BCUT2D eigenvalue weighted by atomic mass is 10.1. The van der Waals surface area contributed by atoms with Gasteiger partial charge in [0.25, 0.3) is 0 Å². The number of alkyl halides is 1. The maximum atomic E-state index is 12.9. The van der Waals surface area contributed by atoms with Gasteiger partial charge in [0.15, 0.2) is 0 Å². The van der Waals surface area contributed by atoms with E-state index in [4.69, 9.17) is 0 Å². The first-order valence-electron chi connectivity index (χ1n) is 4.23. The van der Waals surface area contributed by atoms with Crippen LogP contribution >= 0.6 is 31.9 Å². The second kappa shape index (κ2) is 3.70. The molecule has 1 aliphatic carbocycles. The minimum absolute atomic E-state index is 0.181. The molecule has 0 spiro atoms. The van der Waals surface area contributed by atoms with E-state index < -0.39 is 0 Å². The summed E-state index contributed by atoms with van der Waals surface area (Å²) < 4.78 is 13.5. The Morgan fingerprint density at radius 3 is 2.77 bits per heavy atom. The zero-order valence-electron chi connectivity index (χ0n) is 6.93. The van der Waals surface area contributed by atoms with Gasteiger partial charge in [-0.05, 0) is 51.9 Å². The molecule has 1 aromatic carbocycles. The summed E-state index contributed by atoms with van der Waals surface area (Å²) in [5, 5.41) is 1.05. The van der Waals surface area contributed by atoms with Crippen LogP contribution in [0.2, 0.25) is 0 Å². The highest BCUT2D eigenvalue weighted by atomic mass is 79.9. The van der Waals surface area contributed by atoms with Crippen LogP contribution < -0.4 is 0 Å². The summed E-state index contributed by atoms with van der Waals surface area (Å²) in [6, 6.07) is 5.30. The van der Waals surface area contributed by atoms with Crippen molar-refractivity contribution in [2.24, 2.45) is 5.92 Å². The van der Waals surface area contributed by atoms with Crippen LogP contribution in [-0.2, 0) is 0 Å². The molecule has 1 aliphatic rings. The maximum Gasteiger partial charge on any atom is 0.137 e. The maximum absolute atomic E-state index is 12.9. The van der Waals surface area contributed by atoms with Crippen LogP contribution in [0.4, 0.5) is 4.39 Å². The van der Waals surface area contributed by atoms with Crippen molar-refractivity contribution in [1.82, 2.24) is 0 Å². The standard InChI is InChI=1S/C10H9Br2F/c11-5-7-3-8(7)6-1-2-10(13)9(12)4-6/h1-2,4,7-8H,3,5H2. The van der Waals surface area contributed by atoms with Crippen LogP contribution in [0.3, 0.4) is 0 Å². The highest BCUT2D eigenvalue weighted by molar-refractivity contribution is 9.10. The lowest BCUT2D eigenvalue weighted by molar-refractivity contribution is 0.620. The van der Waals surface area contributed by atoms with Gasteiger partial charge in [0.2, 0.25) is 0 Å². The first-order valence-corrected chi connectivity index (χ1v) is 6.14. The normalized spacial score (nSPS) is 26.1. The van der Waals surface area contributed by atoms with Crippen molar-refractivity contribution < 1.29 is 4.39 Å². The summed E-state index contributed by atoms with van der Waals surface area (Å²) in [5.41, 5.74) is 1.25. The molecular formula is C10H9Br2F. The average Bonchev–Trinajstić information content (AvgIpc) is 2.88. The largest absolute Gasteiger partial charge is 0.206 e. The Morgan fingerprint density at radius 1 is 1.46 bits per heavy atom. The molecule has 3 heteroatoms. The van der Waals surface area contributed by atoms with Gasteiger partial charge in [0.05, 0.1) is 4.47 Å². The van der Waals surface area contributed by atoms with Gasteiger partial charge in [0.1, 0.15) is 5.82 Å². The van der Waals surface area contributed by atoms with E-state index in [0.29, 0.717) is 10.4 Å². The van der Waals surface area contributed by atoms with Crippen molar-refractivity contribution in [2.75, 3.05) is 5.33 Å². The Labute approximate surface area is 93.8 Å². The SMILES string of the molecule is Fc1ccc(C2CC2CBr)cc1Br. The number of hydrogen-bond acceptors (Lipinski definition) is 0. The molecule has 2 unspecified atom stereocenters. The van der Waals surface area contributed by atoms with Crippen molar-refractivity contribution in [1.29, 1.82) is 0 Å². The van der Waals surface area contributed by atoms with E-state index in [9.17, 15) is 4.39 Å². The number of benzene rings is 1. The highest BCUT2D eigenvalue weighted by Gasteiger charge is 2.37. The summed E-state index contributed by atoms with van der Waals surface area (Å²) in [6.45, 7) is 0. The zero-order valence-corrected chi connectivity index (χ0v) is 10.1. The number of halogens is 3. The fraction of sp³-hybridized carbons (Fsp3) is 0.400. The first kappa shape index (κ1) is 9.66. The molecule has 13 heavy (non-hydrogen) atoms. The summed E-state index contributed by atoms with van der Waals surface area (Å²) in [4.78, 5) is 0. The van der Waals surface area contributed by atoms with E-state index >= 15 is 0 Å². The van der Waals surface area contributed by atoms with Gasteiger partial charge >= 0.3 is 0 Å². The Morgan fingerprint density at radius 2 is 2.23 bits per heavy atom. The van der Waals surface area contributed by atoms with E-state index in [-0.39, 0.29) is 5.82 Å². The molecule has 0 aromatic heterocycles. The molecule has 0 radical (unpaired) electrons. The number of hydrogen-bond donors (Lipinski definition) is 0. The lowest BCUT2D eigenvalue weighted by Gasteiger charge is -2.00. The minimum atomic E-state index is -0.181. The third-order valence-electron chi connectivity index (χ3n) is 2.49. The van der Waals surface area contributed by atoms with E-state index in [2.05, 4.69) is 31.9 Å². The van der Waals surface area contributed by atoms with Gasteiger partial charge in [0, 0.05) is 5.33 Å². The monoisotopic (exact) mass is 306 g/mol. The predicted molar refractivity (Wildman–Crippen MR) is 58.7 cm³/mol. The second-order valence-corrected chi connectivity index (χ2v) is 4.93. The highest BCUT2D eigenvalue weighted by Crippen LogP contribution is 2.48. The first-order chi connectivity index (χ1) is 6.22. The Kier molecular flexibility index (Phi) is 2.75. The van der Waals surface area contributed by atoms with Crippen LogP contribution in [-0.4, -0.2) is 5.33 Å². The minimum Gasteiger partial charge on any atom is -0.206 e. The van der Waals surface area contributed by atoms with Gasteiger partial charge in [-0.2, -0.15) is 0 Å². The quantitative estimate of drug-likeness (QED) is 0.722. The molecule has 0 saturated heterocycles. The molecule has 0 N–H and O–H groups in total. The molecule has 70 valence electrons. The van der Waals surface area contributed by atoms with Crippen molar-refractivity contribution in [2.45, 2.75) is 12.3 Å². The van der Waals surface area contributed by atoms with Gasteiger partial charge < -0.3 is 0 Å². The predicted octanol–water partition coefficient (Wildman–Crippen LogP) is 4.09. The fourth-order valence-electron chi connectivity index (χ4n) is 1.57. The average molecular weight is 308 g/mol. The Balaban J connectivity index is 2.19. The number of rotatable bonds is 2. The van der Waals surface area contributed by atoms with Gasteiger partial charge in [-0.3, -0.25) is 0 Å². The smallest absolute Gasteiger partial charge is 0.137 e. The van der Waals surface area contributed by atoms with Crippen molar-refractivity contribution in [3.63, 3.8) is 0 Å². The Hall–Kier alpha value is 0.110. The van der Waals surface area contributed by atoms with Crippen LogP contribution in [0, 0.1) is 11.7 Å². The van der Waals surface area contributed by atoms with Gasteiger partial charge in [-0.15, -0.1) is 0 Å². The second-order valence-electron chi connectivity index (χ2n) is 3.43.